The molecule has 3 nitrogen and oxygen atoms in total. The van der Waals surface area contributed by atoms with Gasteiger partial charge in [-0.25, -0.2) is 9.18 Å². The summed E-state index contributed by atoms with van der Waals surface area (Å²) in [6.45, 7) is 1.45. The maximum absolute atomic E-state index is 13.2. The normalized spacial score (nSPS) is 14.6. The summed E-state index contributed by atoms with van der Waals surface area (Å²) in [4.78, 5) is 12.0. The monoisotopic (exact) mass is 371 g/mol. The SMILES string of the molecule is CCOC(=O)C(C)(NCC(F)(F)F)c1ccc(F)c(Br)c1. The Hall–Kier alpha value is -1.15. The predicted molar refractivity (Wildman–Crippen MR) is 72.1 cm³/mol. The van der Waals surface area contributed by atoms with Gasteiger partial charge in [0, 0.05) is 0 Å². The van der Waals surface area contributed by atoms with Crippen LogP contribution >= 0.6 is 15.9 Å². The molecule has 0 bridgehead atoms. The van der Waals surface area contributed by atoms with Crippen LogP contribution in [0.3, 0.4) is 0 Å². The van der Waals surface area contributed by atoms with Crippen molar-refractivity contribution in [3.63, 3.8) is 0 Å². The fourth-order valence-corrected chi connectivity index (χ4v) is 2.03. The standard InChI is InChI=1S/C13H14BrF4NO2/c1-3-21-11(20)12(2,19-7-13(16,17)18)8-4-5-10(15)9(14)6-8/h4-6,19H,3,7H2,1-2H3. The van der Waals surface area contributed by atoms with Gasteiger partial charge in [0.25, 0.3) is 0 Å². The third-order valence-corrected chi connectivity index (χ3v) is 3.43. The van der Waals surface area contributed by atoms with Crippen molar-refractivity contribution in [2.24, 2.45) is 0 Å². The molecule has 1 aromatic carbocycles. The van der Waals surface area contributed by atoms with Crippen molar-refractivity contribution in [3.8, 4) is 0 Å². The topological polar surface area (TPSA) is 38.3 Å². The van der Waals surface area contributed by atoms with Gasteiger partial charge in [0.2, 0.25) is 0 Å². The predicted octanol–water partition coefficient (Wildman–Crippen LogP) is 3.52. The Morgan fingerprint density at radius 2 is 2.00 bits per heavy atom. The lowest BCUT2D eigenvalue weighted by Gasteiger charge is -2.29. The van der Waals surface area contributed by atoms with E-state index in [4.69, 9.17) is 4.74 Å². The first-order chi connectivity index (χ1) is 9.60. The van der Waals surface area contributed by atoms with Gasteiger partial charge in [-0.15, -0.1) is 0 Å². The van der Waals surface area contributed by atoms with Crippen LogP contribution in [0.1, 0.15) is 19.4 Å². The fourth-order valence-electron chi connectivity index (χ4n) is 1.65. The number of carbonyl (C=O) groups is 1. The van der Waals surface area contributed by atoms with Crippen molar-refractivity contribution >= 4 is 21.9 Å². The van der Waals surface area contributed by atoms with E-state index < -0.39 is 30.0 Å². The Morgan fingerprint density at radius 3 is 2.48 bits per heavy atom. The third kappa shape index (κ3) is 4.67. The summed E-state index contributed by atoms with van der Waals surface area (Å²) in [6, 6.07) is 3.54. The Labute approximate surface area is 127 Å². The average Bonchev–Trinajstić information content (AvgIpc) is 2.38. The molecule has 118 valence electrons. The minimum absolute atomic E-state index is 0.0183. The molecule has 1 atom stereocenters. The van der Waals surface area contributed by atoms with Crippen LogP contribution in [0.2, 0.25) is 0 Å². The van der Waals surface area contributed by atoms with E-state index in [2.05, 4.69) is 21.2 Å². The van der Waals surface area contributed by atoms with Crippen LogP contribution in [0, 0.1) is 5.82 Å². The molecule has 0 radical (unpaired) electrons. The van der Waals surface area contributed by atoms with E-state index in [9.17, 15) is 22.4 Å². The Kier molecular flexibility index (Phi) is 5.75. The Balaban J connectivity index is 3.16. The molecule has 0 aromatic heterocycles. The van der Waals surface area contributed by atoms with Crippen LogP contribution in [0.5, 0.6) is 0 Å². The molecule has 0 fully saturated rings. The zero-order valence-corrected chi connectivity index (χ0v) is 12.9. The summed E-state index contributed by atoms with van der Waals surface area (Å²) in [5.74, 6) is -1.45. The second kappa shape index (κ2) is 6.74. The first-order valence-corrected chi connectivity index (χ1v) is 6.84. The molecule has 1 aromatic rings. The number of alkyl halides is 3. The number of ether oxygens (including phenoxy) is 1. The maximum atomic E-state index is 13.2. The highest BCUT2D eigenvalue weighted by Gasteiger charge is 2.40. The summed E-state index contributed by atoms with van der Waals surface area (Å²) >= 11 is 2.94. The molecule has 1 N–H and O–H groups in total. The molecule has 0 aliphatic carbocycles. The van der Waals surface area contributed by atoms with Crippen molar-refractivity contribution in [2.45, 2.75) is 25.6 Å². The third-order valence-electron chi connectivity index (χ3n) is 2.82. The van der Waals surface area contributed by atoms with Crippen LogP contribution in [0.25, 0.3) is 0 Å². The Bertz CT molecular complexity index is 521. The largest absolute Gasteiger partial charge is 0.464 e. The molecule has 0 saturated heterocycles. The number of hydrogen-bond acceptors (Lipinski definition) is 3. The van der Waals surface area contributed by atoms with Crippen molar-refractivity contribution in [1.82, 2.24) is 5.32 Å². The van der Waals surface area contributed by atoms with Gasteiger partial charge in [0.15, 0.2) is 0 Å². The van der Waals surface area contributed by atoms with Crippen molar-refractivity contribution < 1.29 is 27.1 Å². The first kappa shape index (κ1) is 17.9. The maximum Gasteiger partial charge on any atom is 0.401 e. The number of benzene rings is 1. The lowest BCUT2D eigenvalue weighted by atomic mass is 9.92. The van der Waals surface area contributed by atoms with E-state index >= 15 is 0 Å². The molecule has 1 unspecified atom stereocenters. The number of esters is 1. The second-order valence-electron chi connectivity index (χ2n) is 4.44. The highest BCUT2D eigenvalue weighted by molar-refractivity contribution is 9.10. The number of carbonyl (C=O) groups excluding carboxylic acids is 1. The van der Waals surface area contributed by atoms with Gasteiger partial charge >= 0.3 is 12.1 Å². The van der Waals surface area contributed by atoms with Gasteiger partial charge in [-0.2, -0.15) is 13.2 Å². The number of nitrogens with one attached hydrogen (secondary N) is 1. The smallest absolute Gasteiger partial charge is 0.401 e. The van der Waals surface area contributed by atoms with Gasteiger partial charge in [0.1, 0.15) is 11.4 Å². The molecular weight excluding hydrogens is 358 g/mol. The molecule has 0 saturated carbocycles. The highest BCUT2D eigenvalue weighted by Crippen LogP contribution is 2.28. The molecule has 8 heteroatoms. The fraction of sp³-hybridized carbons (Fsp3) is 0.462. The van der Waals surface area contributed by atoms with Gasteiger partial charge in [0.05, 0.1) is 17.6 Å². The first-order valence-electron chi connectivity index (χ1n) is 6.04. The van der Waals surface area contributed by atoms with Crippen molar-refractivity contribution in [3.05, 3.63) is 34.1 Å². The molecule has 21 heavy (non-hydrogen) atoms. The number of hydrogen-bond donors (Lipinski definition) is 1. The van der Waals surface area contributed by atoms with Gasteiger partial charge in [-0.1, -0.05) is 6.07 Å². The molecule has 0 aliphatic heterocycles. The van der Waals surface area contributed by atoms with E-state index in [-0.39, 0.29) is 16.6 Å². The van der Waals surface area contributed by atoms with E-state index in [1.165, 1.54) is 19.1 Å². The number of halogens is 5. The van der Waals surface area contributed by atoms with Gasteiger partial charge in [-0.05, 0) is 47.5 Å². The molecule has 0 aliphatic rings. The quantitative estimate of drug-likeness (QED) is 0.635. The van der Waals surface area contributed by atoms with Crippen LogP contribution < -0.4 is 5.32 Å². The molecule has 0 spiro atoms. The lowest BCUT2D eigenvalue weighted by molar-refractivity contribution is -0.155. The van der Waals surface area contributed by atoms with Gasteiger partial charge in [-0.3, -0.25) is 5.32 Å². The summed E-state index contributed by atoms with van der Waals surface area (Å²) in [5.41, 5.74) is -1.57. The minimum Gasteiger partial charge on any atom is -0.464 e. The zero-order chi connectivity index (χ0) is 16.3. The lowest BCUT2D eigenvalue weighted by Crippen LogP contribution is -2.50. The highest BCUT2D eigenvalue weighted by atomic mass is 79.9. The molecular formula is C13H14BrF4NO2. The van der Waals surface area contributed by atoms with Crippen molar-refractivity contribution in [1.29, 1.82) is 0 Å². The van der Waals surface area contributed by atoms with Crippen LogP contribution in [-0.2, 0) is 15.1 Å². The average molecular weight is 372 g/mol. The Morgan fingerprint density at radius 1 is 1.38 bits per heavy atom. The van der Waals surface area contributed by atoms with Crippen molar-refractivity contribution in [2.75, 3.05) is 13.2 Å². The van der Waals surface area contributed by atoms with E-state index in [1.54, 1.807) is 6.92 Å². The van der Waals surface area contributed by atoms with E-state index in [0.717, 1.165) is 6.07 Å². The second-order valence-corrected chi connectivity index (χ2v) is 5.30. The summed E-state index contributed by atoms with van der Waals surface area (Å²) in [7, 11) is 0. The summed E-state index contributed by atoms with van der Waals surface area (Å²) < 4.78 is 55.3. The number of rotatable bonds is 5. The zero-order valence-electron chi connectivity index (χ0n) is 11.4. The van der Waals surface area contributed by atoms with E-state index in [1.807, 2.05) is 0 Å². The van der Waals surface area contributed by atoms with Crippen LogP contribution in [0.15, 0.2) is 22.7 Å². The minimum atomic E-state index is -4.50. The molecule has 1 rings (SSSR count). The summed E-state index contributed by atoms with van der Waals surface area (Å²) in [6.07, 6.45) is -4.50. The van der Waals surface area contributed by atoms with E-state index in [0.29, 0.717) is 0 Å². The van der Waals surface area contributed by atoms with Crippen LogP contribution in [0.4, 0.5) is 17.6 Å². The van der Waals surface area contributed by atoms with Gasteiger partial charge < -0.3 is 4.74 Å². The molecule has 0 heterocycles. The van der Waals surface area contributed by atoms with Crippen LogP contribution in [-0.4, -0.2) is 25.3 Å². The summed E-state index contributed by atoms with van der Waals surface area (Å²) in [5, 5.41) is 2.14. The molecule has 0 amide bonds.